The molecule has 0 fully saturated rings. The van der Waals surface area contributed by atoms with Gasteiger partial charge in [-0.2, -0.15) is 5.26 Å². The van der Waals surface area contributed by atoms with Crippen molar-refractivity contribution in [2.45, 2.75) is 45.7 Å². The second-order valence-electron chi connectivity index (χ2n) is 6.06. The highest BCUT2D eigenvalue weighted by atomic mass is 32.2. The molecule has 1 aromatic rings. The summed E-state index contributed by atoms with van der Waals surface area (Å²) in [5.74, 6) is -0.524. The second kappa shape index (κ2) is 9.92. The Morgan fingerprint density at radius 3 is 2.54 bits per heavy atom. The molecule has 1 heterocycles. The van der Waals surface area contributed by atoms with E-state index in [-0.39, 0.29) is 41.5 Å². The third kappa shape index (κ3) is 6.15. The van der Waals surface area contributed by atoms with Gasteiger partial charge in [0.1, 0.15) is 11.1 Å². The van der Waals surface area contributed by atoms with Crippen LogP contribution in [0.3, 0.4) is 0 Å². The Morgan fingerprint density at radius 2 is 2.04 bits per heavy atom. The first-order valence-corrected chi connectivity index (χ1v) is 9.30. The van der Waals surface area contributed by atoms with Gasteiger partial charge in [0.05, 0.1) is 17.9 Å². The lowest BCUT2D eigenvalue weighted by Gasteiger charge is -2.21. The van der Waals surface area contributed by atoms with E-state index in [0.29, 0.717) is 22.8 Å². The lowest BCUT2D eigenvalue weighted by Crippen LogP contribution is -2.43. The maximum Gasteiger partial charge on any atom is 0.239 e. The Bertz CT molecular complexity index is 741. The van der Waals surface area contributed by atoms with E-state index < -0.39 is 0 Å². The molecule has 0 radical (unpaired) electrons. The van der Waals surface area contributed by atoms with Crippen molar-refractivity contribution in [1.82, 2.24) is 15.2 Å². The molecule has 0 unspecified atom stereocenters. The number of nitrogens with zero attached hydrogens (tertiary/aromatic N) is 3. The minimum Gasteiger partial charge on any atom is -0.352 e. The number of aryl methyl sites for hydroxylation is 1. The molecule has 0 saturated heterocycles. The predicted octanol–water partition coefficient (Wildman–Crippen LogP) is 1.93. The molecule has 26 heavy (non-hydrogen) atoms. The molecule has 0 spiro atoms. The maximum absolute atomic E-state index is 12.4. The SMILES string of the molecule is CCN(CC(=O)NC(C)C)C(=O)CSc1nc(C)c(C(C)=O)cc1C#N. The molecule has 0 aliphatic carbocycles. The first-order valence-electron chi connectivity index (χ1n) is 8.32. The molecule has 8 heteroatoms. The van der Waals surface area contributed by atoms with Crippen LogP contribution in [0.2, 0.25) is 0 Å². The standard InChI is InChI=1S/C18H24N4O3S/c1-6-22(9-16(24)20-11(2)3)17(25)10-26-18-14(8-19)7-15(13(5)23)12(4)21-18/h7,11H,6,9-10H2,1-5H3,(H,20,24). The smallest absolute Gasteiger partial charge is 0.239 e. The first-order chi connectivity index (χ1) is 12.2. The van der Waals surface area contributed by atoms with Gasteiger partial charge in [0.15, 0.2) is 5.78 Å². The summed E-state index contributed by atoms with van der Waals surface area (Å²) in [4.78, 5) is 41.5. The van der Waals surface area contributed by atoms with E-state index in [1.165, 1.54) is 17.9 Å². The molecular weight excluding hydrogens is 352 g/mol. The van der Waals surface area contributed by atoms with E-state index in [2.05, 4.69) is 10.3 Å². The number of hydrogen-bond acceptors (Lipinski definition) is 6. The molecule has 0 atom stereocenters. The van der Waals surface area contributed by atoms with Crippen molar-refractivity contribution in [3.05, 3.63) is 22.9 Å². The van der Waals surface area contributed by atoms with Crippen LogP contribution >= 0.6 is 11.8 Å². The highest BCUT2D eigenvalue weighted by Gasteiger charge is 2.18. The molecule has 7 nitrogen and oxygen atoms in total. The van der Waals surface area contributed by atoms with Gasteiger partial charge in [-0.05, 0) is 40.7 Å². The van der Waals surface area contributed by atoms with Crippen LogP contribution in [-0.4, -0.2) is 52.4 Å². The third-order valence-corrected chi connectivity index (χ3v) is 4.50. The second-order valence-corrected chi connectivity index (χ2v) is 7.02. The molecule has 0 aliphatic heterocycles. The van der Waals surface area contributed by atoms with Gasteiger partial charge in [0, 0.05) is 23.8 Å². The summed E-state index contributed by atoms with van der Waals surface area (Å²) in [5.41, 5.74) is 1.19. The van der Waals surface area contributed by atoms with E-state index in [1.807, 2.05) is 19.9 Å². The minimum absolute atomic E-state index is 0.00505. The summed E-state index contributed by atoms with van der Waals surface area (Å²) in [5, 5.41) is 12.4. The first kappa shape index (κ1) is 21.6. The summed E-state index contributed by atoms with van der Waals surface area (Å²) in [6.45, 7) is 9.03. The number of nitrogens with one attached hydrogen (secondary N) is 1. The highest BCUT2D eigenvalue weighted by molar-refractivity contribution is 8.00. The summed E-state index contributed by atoms with van der Waals surface area (Å²) < 4.78 is 0. The number of carbonyl (C=O) groups excluding carboxylic acids is 3. The number of aromatic nitrogens is 1. The molecule has 0 saturated carbocycles. The monoisotopic (exact) mass is 376 g/mol. The number of Topliss-reactive ketones (excluding diaryl/α,β-unsaturated/α-hetero) is 1. The lowest BCUT2D eigenvalue weighted by molar-refractivity contribution is -0.134. The minimum atomic E-state index is -0.213. The van der Waals surface area contributed by atoms with Crippen LogP contribution in [0.5, 0.6) is 0 Å². The van der Waals surface area contributed by atoms with E-state index in [1.54, 1.807) is 13.8 Å². The molecule has 1 N–H and O–H groups in total. The average Bonchev–Trinajstić information content (AvgIpc) is 2.56. The van der Waals surface area contributed by atoms with E-state index in [9.17, 15) is 19.6 Å². The fourth-order valence-electron chi connectivity index (χ4n) is 2.27. The van der Waals surface area contributed by atoms with Crippen LogP contribution in [-0.2, 0) is 9.59 Å². The number of thioether (sulfide) groups is 1. The van der Waals surface area contributed by atoms with Crippen molar-refractivity contribution >= 4 is 29.4 Å². The van der Waals surface area contributed by atoms with Crippen molar-refractivity contribution in [3.63, 3.8) is 0 Å². The summed E-state index contributed by atoms with van der Waals surface area (Å²) >= 11 is 1.13. The normalized spacial score (nSPS) is 10.3. The van der Waals surface area contributed by atoms with Crippen LogP contribution in [0.1, 0.15) is 49.3 Å². The Hall–Kier alpha value is -2.40. The summed E-state index contributed by atoms with van der Waals surface area (Å²) in [7, 11) is 0. The molecule has 0 aliphatic rings. The lowest BCUT2D eigenvalue weighted by atomic mass is 10.1. The number of nitriles is 1. The zero-order valence-electron chi connectivity index (χ0n) is 15.8. The largest absolute Gasteiger partial charge is 0.352 e. The van der Waals surface area contributed by atoms with Gasteiger partial charge in [-0.1, -0.05) is 11.8 Å². The third-order valence-electron chi connectivity index (χ3n) is 3.53. The number of hydrogen-bond donors (Lipinski definition) is 1. The van der Waals surface area contributed by atoms with Crippen molar-refractivity contribution in [2.24, 2.45) is 0 Å². The van der Waals surface area contributed by atoms with Crippen LogP contribution in [0.25, 0.3) is 0 Å². The van der Waals surface area contributed by atoms with Crippen LogP contribution < -0.4 is 5.32 Å². The molecular formula is C18H24N4O3S. The van der Waals surface area contributed by atoms with Crippen molar-refractivity contribution < 1.29 is 14.4 Å². The molecule has 1 aromatic heterocycles. The van der Waals surface area contributed by atoms with Gasteiger partial charge in [0.2, 0.25) is 11.8 Å². The van der Waals surface area contributed by atoms with E-state index in [4.69, 9.17) is 0 Å². The van der Waals surface area contributed by atoms with Crippen molar-refractivity contribution in [3.8, 4) is 6.07 Å². The fourth-order valence-corrected chi connectivity index (χ4v) is 3.17. The number of amides is 2. The number of rotatable bonds is 8. The van der Waals surface area contributed by atoms with E-state index in [0.717, 1.165) is 11.8 Å². The average molecular weight is 376 g/mol. The zero-order chi connectivity index (χ0) is 19.9. The number of likely N-dealkylation sites (N-methyl/N-ethyl adjacent to an activating group) is 1. The fraction of sp³-hybridized carbons (Fsp3) is 0.500. The molecule has 0 bridgehead atoms. The van der Waals surface area contributed by atoms with Gasteiger partial charge < -0.3 is 10.2 Å². The Labute approximate surface area is 158 Å². The van der Waals surface area contributed by atoms with E-state index >= 15 is 0 Å². The zero-order valence-corrected chi connectivity index (χ0v) is 16.6. The molecule has 140 valence electrons. The highest BCUT2D eigenvalue weighted by Crippen LogP contribution is 2.23. The van der Waals surface area contributed by atoms with Gasteiger partial charge in [0.25, 0.3) is 0 Å². The van der Waals surface area contributed by atoms with Crippen LogP contribution in [0, 0.1) is 18.3 Å². The Morgan fingerprint density at radius 1 is 1.38 bits per heavy atom. The number of carbonyl (C=O) groups is 3. The van der Waals surface area contributed by atoms with Gasteiger partial charge in [-0.15, -0.1) is 0 Å². The molecule has 2 amide bonds. The molecule has 0 aromatic carbocycles. The van der Waals surface area contributed by atoms with Gasteiger partial charge in [-0.25, -0.2) is 4.98 Å². The topological polar surface area (TPSA) is 103 Å². The van der Waals surface area contributed by atoms with Gasteiger partial charge in [-0.3, -0.25) is 14.4 Å². The predicted molar refractivity (Wildman–Crippen MR) is 100.0 cm³/mol. The van der Waals surface area contributed by atoms with Gasteiger partial charge >= 0.3 is 0 Å². The molecule has 1 rings (SSSR count). The van der Waals surface area contributed by atoms with Crippen LogP contribution in [0.15, 0.2) is 11.1 Å². The van der Waals surface area contributed by atoms with Crippen molar-refractivity contribution in [1.29, 1.82) is 5.26 Å². The summed E-state index contributed by atoms with van der Waals surface area (Å²) in [6, 6.07) is 3.53. The number of pyridine rings is 1. The quantitative estimate of drug-likeness (QED) is 0.549. The van der Waals surface area contributed by atoms with Crippen LogP contribution in [0.4, 0.5) is 0 Å². The maximum atomic E-state index is 12.4. The van der Waals surface area contributed by atoms with Crippen molar-refractivity contribution in [2.75, 3.05) is 18.8 Å². The Kier molecular flexibility index (Phi) is 8.26. The number of ketones is 1. The summed E-state index contributed by atoms with van der Waals surface area (Å²) in [6.07, 6.45) is 0. The Balaban J connectivity index is 2.82.